The average Bonchev–Trinajstić information content (AvgIpc) is 2.75. The van der Waals surface area contributed by atoms with Gasteiger partial charge in [-0.15, -0.1) is 12.4 Å². The molecule has 6 nitrogen and oxygen atoms in total. The summed E-state index contributed by atoms with van der Waals surface area (Å²) in [4.78, 5) is 31.0. The molecule has 31 heavy (non-hydrogen) atoms. The predicted octanol–water partition coefficient (Wildman–Crippen LogP) is 3.11. The Morgan fingerprint density at radius 3 is 2.39 bits per heavy atom. The van der Waals surface area contributed by atoms with Gasteiger partial charge in [0.25, 0.3) is 0 Å². The number of carbonyl (C=O) groups excluding carboxylic acids is 2. The molecular formula is C22H24Cl2FN3O3. The maximum Gasteiger partial charge on any atom is 0.316 e. The summed E-state index contributed by atoms with van der Waals surface area (Å²) in [5, 5.41) is 0.244. The molecule has 0 aliphatic carbocycles. The highest BCUT2D eigenvalue weighted by atomic mass is 35.5. The van der Waals surface area contributed by atoms with Crippen LogP contribution in [0, 0.1) is 5.82 Å². The number of ether oxygens (including phenoxy) is 1. The first-order chi connectivity index (χ1) is 14.5. The third-order valence-corrected chi connectivity index (χ3v) is 5.82. The van der Waals surface area contributed by atoms with Crippen LogP contribution in [0.4, 0.5) is 10.1 Å². The summed E-state index contributed by atoms with van der Waals surface area (Å²) < 4.78 is 18.7. The van der Waals surface area contributed by atoms with E-state index in [-0.39, 0.29) is 24.0 Å². The molecule has 9 heteroatoms. The number of hydrogen-bond donors (Lipinski definition) is 0. The summed E-state index contributed by atoms with van der Waals surface area (Å²) in [5.74, 6) is -1.58. The Kier molecular flexibility index (Phi) is 7.89. The van der Waals surface area contributed by atoms with Gasteiger partial charge in [0, 0.05) is 50.0 Å². The fourth-order valence-corrected chi connectivity index (χ4v) is 4.05. The number of carbonyl (C=O) groups is 2. The molecule has 2 heterocycles. The molecule has 0 aromatic heterocycles. The minimum Gasteiger partial charge on any atom is -0.379 e. The summed E-state index contributed by atoms with van der Waals surface area (Å²) in [5.41, 5.74) is 2.39. The van der Waals surface area contributed by atoms with Crippen molar-refractivity contribution in [2.45, 2.75) is 13.1 Å². The van der Waals surface area contributed by atoms with Gasteiger partial charge in [0.2, 0.25) is 0 Å². The lowest BCUT2D eigenvalue weighted by Gasteiger charge is -2.35. The number of rotatable bonds is 5. The number of piperazine rings is 1. The maximum absolute atomic E-state index is 13.3. The first-order valence-electron chi connectivity index (χ1n) is 9.95. The van der Waals surface area contributed by atoms with Crippen LogP contribution in [0.3, 0.4) is 0 Å². The molecule has 2 aromatic rings. The van der Waals surface area contributed by atoms with Gasteiger partial charge in [0.1, 0.15) is 5.82 Å². The number of anilines is 1. The van der Waals surface area contributed by atoms with Crippen LogP contribution in [0.25, 0.3) is 0 Å². The van der Waals surface area contributed by atoms with Crippen molar-refractivity contribution in [1.82, 2.24) is 9.80 Å². The SMILES string of the molecule is Cl.O=C1C(=O)N(c2ccccc2CN2CCOCC2)CCN1Cc1ccc(F)cc1Cl. The van der Waals surface area contributed by atoms with Gasteiger partial charge in [0.15, 0.2) is 0 Å². The first kappa shape index (κ1) is 23.5. The Morgan fingerprint density at radius 2 is 1.65 bits per heavy atom. The molecule has 2 aromatic carbocycles. The highest BCUT2D eigenvalue weighted by Gasteiger charge is 2.34. The second-order valence-corrected chi connectivity index (χ2v) is 7.84. The lowest BCUT2D eigenvalue weighted by atomic mass is 10.1. The molecule has 0 atom stereocenters. The van der Waals surface area contributed by atoms with Crippen LogP contribution in [-0.4, -0.2) is 61.0 Å². The van der Waals surface area contributed by atoms with Gasteiger partial charge >= 0.3 is 11.8 Å². The van der Waals surface area contributed by atoms with Gasteiger partial charge in [-0.2, -0.15) is 0 Å². The lowest BCUT2D eigenvalue weighted by Crippen LogP contribution is -2.54. The highest BCUT2D eigenvalue weighted by molar-refractivity contribution is 6.41. The molecule has 2 aliphatic rings. The standard InChI is InChI=1S/C22H23ClFN3O3.ClH/c23-19-13-18(24)6-5-16(19)15-26-7-8-27(22(29)21(26)28)20-4-2-1-3-17(20)14-25-9-11-30-12-10-25;/h1-6,13H,7-12,14-15H2;1H. The highest BCUT2D eigenvalue weighted by Crippen LogP contribution is 2.26. The van der Waals surface area contributed by atoms with E-state index in [2.05, 4.69) is 4.90 Å². The van der Waals surface area contributed by atoms with Gasteiger partial charge in [-0.3, -0.25) is 14.5 Å². The van der Waals surface area contributed by atoms with Crippen molar-refractivity contribution >= 4 is 41.5 Å². The van der Waals surface area contributed by atoms with E-state index in [1.54, 1.807) is 11.0 Å². The van der Waals surface area contributed by atoms with Crippen molar-refractivity contribution in [2.24, 2.45) is 0 Å². The summed E-state index contributed by atoms with van der Waals surface area (Å²) in [7, 11) is 0. The summed E-state index contributed by atoms with van der Waals surface area (Å²) in [6, 6.07) is 11.7. The fourth-order valence-electron chi connectivity index (χ4n) is 3.82. The molecule has 4 rings (SSSR count). The van der Waals surface area contributed by atoms with E-state index in [4.69, 9.17) is 16.3 Å². The van der Waals surface area contributed by atoms with Crippen molar-refractivity contribution in [1.29, 1.82) is 0 Å². The van der Waals surface area contributed by atoms with Crippen LogP contribution in [0.1, 0.15) is 11.1 Å². The molecule has 0 spiro atoms. The van der Waals surface area contributed by atoms with Gasteiger partial charge in [0.05, 0.1) is 13.2 Å². The molecule has 0 saturated carbocycles. The molecular weight excluding hydrogens is 444 g/mol. The minimum atomic E-state index is -0.581. The molecule has 2 amide bonds. The molecule has 0 radical (unpaired) electrons. The monoisotopic (exact) mass is 467 g/mol. The van der Waals surface area contributed by atoms with Gasteiger partial charge < -0.3 is 14.5 Å². The maximum atomic E-state index is 13.3. The zero-order valence-electron chi connectivity index (χ0n) is 16.9. The fraction of sp³-hybridized carbons (Fsp3) is 0.364. The van der Waals surface area contributed by atoms with Gasteiger partial charge in [-0.05, 0) is 29.3 Å². The molecule has 2 fully saturated rings. The molecule has 2 aliphatic heterocycles. The quantitative estimate of drug-likeness (QED) is 0.633. The number of halogens is 3. The first-order valence-corrected chi connectivity index (χ1v) is 10.3. The van der Waals surface area contributed by atoms with Gasteiger partial charge in [-0.1, -0.05) is 35.9 Å². The number of para-hydroxylation sites is 1. The Hall–Kier alpha value is -2.19. The van der Waals surface area contributed by atoms with E-state index in [1.165, 1.54) is 17.0 Å². The molecule has 166 valence electrons. The normalized spacial score (nSPS) is 17.6. The predicted molar refractivity (Wildman–Crippen MR) is 119 cm³/mol. The summed E-state index contributed by atoms with van der Waals surface area (Å²) in [6.07, 6.45) is 0. The Bertz CT molecular complexity index is 953. The van der Waals surface area contributed by atoms with Gasteiger partial charge in [-0.25, -0.2) is 4.39 Å². The Morgan fingerprint density at radius 1 is 0.903 bits per heavy atom. The van der Waals surface area contributed by atoms with Crippen molar-refractivity contribution in [3.63, 3.8) is 0 Å². The summed E-state index contributed by atoms with van der Waals surface area (Å²) in [6.45, 7) is 4.72. The molecule has 0 N–H and O–H groups in total. The van der Waals surface area contributed by atoms with Crippen LogP contribution in [0.2, 0.25) is 5.02 Å². The Balaban J connectivity index is 0.00000272. The Labute approximate surface area is 191 Å². The van der Waals surface area contributed by atoms with E-state index in [9.17, 15) is 14.0 Å². The van der Waals surface area contributed by atoms with E-state index in [0.29, 0.717) is 38.4 Å². The number of amides is 2. The molecule has 0 bridgehead atoms. The van der Waals surface area contributed by atoms with E-state index >= 15 is 0 Å². The second-order valence-electron chi connectivity index (χ2n) is 7.44. The van der Waals surface area contributed by atoms with Crippen molar-refractivity contribution < 1.29 is 18.7 Å². The van der Waals surface area contributed by atoms with Crippen LogP contribution in [0.15, 0.2) is 42.5 Å². The van der Waals surface area contributed by atoms with Crippen molar-refractivity contribution in [2.75, 3.05) is 44.3 Å². The van der Waals surface area contributed by atoms with Crippen LogP contribution in [0.5, 0.6) is 0 Å². The topological polar surface area (TPSA) is 53.1 Å². The number of hydrogen-bond acceptors (Lipinski definition) is 4. The lowest BCUT2D eigenvalue weighted by molar-refractivity contribution is -0.146. The largest absolute Gasteiger partial charge is 0.379 e. The van der Waals surface area contributed by atoms with Crippen molar-refractivity contribution in [3.05, 3.63) is 64.4 Å². The molecule has 2 saturated heterocycles. The minimum absolute atomic E-state index is 0. The van der Waals surface area contributed by atoms with Crippen LogP contribution >= 0.6 is 24.0 Å². The molecule has 0 unspecified atom stereocenters. The van der Waals surface area contributed by atoms with Crippen molar-refractivity contribution in [3.8, 4) is 0 Å². The third kappa shape index (κ3) is 5.36. The van der Waals surface area contributed by atoms with E-state index < -0.39 is 17.6 Å². The average molecular weight is 468 g/mol. The smallest absolute Gasteiger partial charge is 0.316 e. The summed E-state index contributed by atoms with van der Waals surface area (Å²) >= 11 is 6.08. The number of nitrogens with zero attached hydrogens (tertiary/aromatic N) is 3. The number of morpholine rings is 1. The second kappa shape index (κ2) is 10.4. The third-order valence-electron chi connectivity index (χ3n) is 5.47. The van der Waals surface area contributed by atoms with Crippen LogP contribution < -0.4 is 4.90 Å². The van der Waals surface area contributed by atoms with E-state index in [0.717, 1.165) is 24.3 Å². The van der Waals surface area contributed by atoms with E-state index in [1.807, 2.05) is 24.3 Å². The number of benzene rings is 2. The zero-order chi connectivity index (χ0) is 21.1. The zero-order valence-corrected chi connectivity index (χ0v) is 18.5. The van der Waals surface area contributed by atoms with Crippen LogP contribution in [-0.2, 0) is 27.4 Å².